The first-order valence-electron chi connectivity index (χ1n) is 13.3. The van der Waals surface area contributed by atoms with E-state index < -0.39 is 11.8 Å². The van der Waals surface area contributed by atoms with Gasteiger partial charge in [-0.3, -0.25) is 25.1 Å². The smallest absolute Gasteiger partial charge is 0.306 e. The first kappa shape index (κ1) is 24.3. The van der Waals surface area contributed by atoms with E-state index in [1.165, 1.54) is 49.9 Å². The molecule has 1 aromatic carbocycles. The Bertz CT molecular complexity index is 1210. The quantitative estimate of drug-likeness (QED) is 0.263. The van der Waals surface area contributed by atoms with Crippen LogP contribution in [0.4, 0.5) is 0 Å². The van der Waals surface area contributed by atoms with E-state index in [0.717, 1.165) is 46.8 Å². The predicted octanol–water partition coefficient (Wildman–Crippen LogP) is 5.36. The van der Waals surface area contributed by atoms with Crippen LogP contribution in [-0.4, -0.2) is 36.7 Å². The summed E-state index contributed by atoms with van der Waals surface area (Å²) in [5.74, 6) is 2.15. The van der Waals surface area contributed by atoms with Gasteiger partial charge in [0, 0.05) is 4.88 Å². The zero-order valence-electron chi connectivity index (χ0n) is 20.8. The molecule has 4 saturated carbocycles. The number of imide groups is 1. The van der Waals surface area contributed by atoms with Gasteiger partial charge in [-0.15, -0.1) is 11.3 Å². The minimum Gasteiger partial charge on any atom is -0.494 e. The number of esters is 1. The Morgan fingerprint density at radius 2 is 1.62 bits per heavy atom. The van der Waals surface area contributed by atoms with Crippen LogP contribution < -0.4 is 10.1 Å². The van der Waals surface area contributed by atoms with Crippen LogP contribution in [0, 0.1) is 28.6 Å². The van der Waals surface area contributed by atoms with E-state index in [1.54, 1.807) is 6.07 Å². The Morgan fingerprint density at radius 1 is 0.973 bits per heavy atom. The standard InChI is InChI=1S/C29H32N2O5S/c30-25-26-22(27(33)31-28(25)34)12-23(37-26)20-3-5-21(6-4-20)35-7-1-2-8-36-24(32)16-29-13-17-9-18(14-29)11-19(10-17)15-29/h3-6,12,17-19,30H,1-2,7-11,13-16H2,(H,31,33,34). The van der Waals surface area contributed by atoms with Gasteiger partial charge in [-0.25, -0.2) is 0 Å². The number of ether oxygens (including phenoxy) is 2. The summed E-state index contributed by atoms with van der Waals surface area (Å²) in [6.07, 6.45) is 10.0. The van der Waals surface area contributed by atoms with E-state index in [4.69, 9.17) is 14.9 Å². The largest absolute Gasteiger partial charge is 0.494 e. The summed E-state index contributed by atoms with van der Waals surface area (Å²) in [6.45, 7) is 0.986. The molecule has 1 aromatic heterocycles. The minimum absolute atomic E-state index is 0.0225. The van der Waals surface area contributed by atoms with Crippen LogP contribution in [0.25, 0.3) is 10.4 Å². The molecule has 2 aromatic rings. The molecule has 5 aliphatic rings. The van der Waals surface area contributed by atoms with Gasteiger partial charge in [0.05, 0.1) is 30.1 Å². The summed E-state index contributed by atoms with van der Waals surface area (Å²) in [5, 5.41) is 10.1. The van der Waals surface area contributed by atoms with Crippen molar-refractivity contribution in [2.24, 2.45) is 23.2 Å². The van der Waals surface area contributed by atoms with Crippen LogP contribution in [0.5, 0.6) is 5.75 Å². The minimum atomic E-state index is -0.660. The van der Waals surface area contributed by atoms with E-state index in [1.807, 2.05) is 24.3 Å². The lowest BCUT2D eigenvalue weighted by Gasteiger charge is -2.56. The average molecular weight is 521 g/mol. The summed E-state index contributed by atoms with van der Waals surface area (Å²) < 4.78 is 11.4. The number of rotatable bonds is 9. The van der Waals surface area contributed by atoms with Crippen LogP contribution in [0.2, 0.25) is 0 Å². The third-order valence-electron chi connectivity index (χ3n) is 8.55. The number of nitrogens with one attached hydrogen (secondary N) is 2. The van der Waals surface area contributed by atoms with Crippen molar-refractivity contribution in [3.8, 4) is 16.2 Å². The molecule has 194 valence electrons. The maximum absolute atomic E-state index is 12.5. The van der Waals surface area contributed by atoms with Gasteiger partial charge in [0.2, 0.25) is 0 Å². The fraction of sp³-hybridized carbons (Fsp3) is 0.517. The first-order chi connectivity index (χ1) is 17.9. The topological polar surface area (TPSA) is 106 Å². The van der Waals surface area contributed by atoms with Gasteiger partial charge in [0.15, 0.2) is 0 Å². The maximum atomic E-state index is 12.5. The molecule has 4 fully saturated rings. The van der Waals surface area contributed by atoms with Crippen LogP contribution in [0.15, 0.2) is 30.3 Å². The molecule has 4 aliphatic carbocycles. The van der Waals surface area contributed by atoms with Crippen molar-refractivity contribution in [1.29, 1.82) is 5.41 Å². The molecular formula is C29H32N2O5S. The third kappa shape index (κ3) is 4.96. The van der Waals surface area contributed by atoms with Gasteiger partial charge >= 0.3 is 5.97 Å². The highest BCUT2D eigenvalue weighted by Gasteiger charge is 2.51. The molecule has 2 N–H and O–H groups in total. The molecule has 0 spiro atoms. The highest BCUT2D eigenvalue weighted by atomic mass is 32.1. The number of thiophene rings is 1. The van der Waals surface area contributed by atoms with E-state index in [0.29, 0.717) is 30.1 Å². The summed E-state index contributed by atoms with van der Waals surface area (Å²) in [6, 6.07) is 9.27. The SMILES string of the molecule is N=C1C(=O)NC(=O)c2cc(-c3ccc(OCCCCOC(=O)CC45CC6CC(CC(C6)C4)C5)cc3)sc21. The Kier molecular flexibility index (Phi) is 6.39. The normalized spacial score (nSPS) is 27.7. The average Bonchev–Trinajstić information content (AvgIpc) is 3.30. The van der Waals surface area contributed by atoms with E-state index in [2.05, 4.69) is 5.32 Å². The number of carbonyl (C=O) groups is 3. The van der Waals surface area contributed by atoms with Crippen molar-refractivity contribution < 1.29 is 23.9 Å². The molecule has 0 radical (unpaired) electrons. The zero-order valence-corrected chi connectivity index (χ0v) is 21.7. The van der Waals surface area contributed by atoms with E-state index in [9.17, 15) is 14.4 Å². The number of hydrogen-bond acceptors (Lipinski definition) is 7. The lowest BCUT2D eigenvalue weighted by molar-refractivity contribution is -0.152. The molecule has 8 heteroatoms. The van der Waals surface area contributed by atoms with Crippen molar-refractivity contribution in [1.82, 2.24) is 5.32 Å². The molecule has 0 saturated heterocycles. The molecule has 1 aliphatic heterocycles. The van der Waals surface area contributed by atoms with E-state index >= 15 is 0 Å². The summed E-state index contributed by atoms with van der Waals surface area (Å²) in [5.41, 5.74) is 1.31. The maximum Gasteiger partial charge on any atom is 0.306 e. The third-order valence-corrected chi connectivity index (χ3v) is 9.75. The van der Waals surface area contributed by atoms with E-state index in [-0.39, 0.29) is 17.1 Å². The number of carbonyl (C=O) groups excluding carboxylic acids is 3. The molecule has 2 amide bonds. The molecule has 7 rings (SSSR count). The highest BCUT2D eigenvalue weighted by Crippen LogP contribution is 2.61. The number of fused-ring (bicyclic) bond motifs is 1. The van der Waals surface area contributed by atoms with Gasteiger partial charge in [-0.1, -0.05) is 0 Å². The predicted molar refractivity (Wildman–Crippen MR) is 140 cm³/mol. The van der Waals surface area contributed by atoms with Crippen LogP contribution in [-0.2, 0) is 14.3 Å². The number of unbranched alkanes of at least 4 members (excludes halogenated alkanes) is 1. The van der Waals surface area contributed by atoms with Crippen molar-refractivity contribution in [2.75, 3.05) is 13.2 Å². The van der Waals surface area contributed by atoms with Crippen molar-refractivity contribution in [3.63, 3.8) is 0 Å². The Hall–Kier alpha value is -3.00. The molecule has 4 bridgehead atoms. The van der Waals surface area contributed by atoms with Gasteiger partial charge in [-0.05, 0) is 110 Å². The second-order valence-electron chi connectivity index (χ2n) is 11.4. The van der Waals surface area contributed by atoms with Gasteiger partial charge in [0.25, 0.3) is 11.8 Å². The second kappa shape index (κ2) is 9.71. The fourth-order valence-corrected chi connectivity index (χ4v) is 8.49. The molecule has 0 atom stereocenters. The number of benzene rings is 1. The van der Waals surface area contributed by atoms with Crippen molar-refractivity contribution in [3.05, 3.63) is 40.8 Å². The number of amides is 2. The Balaban J connectivity index is 0.925. The zero-order chi connectivity index (χ0) is 25.6. The first-order valence-corrected chi connectivity index (χ1v) is 14.2. The monoisotopic (exact) mass is 520 g/mol. The van der Waals surface area contributed by atoms with Crippen LogP contribution in [0.3, 0.4) is 0 Å². The van der Waals surface area contributed by atoms with Crippen LogP contribution >= 0.6 is 11.3 Å². The molecular weight excluding hydrogens is 488 g/mol. The van der Waals surface area contributed by atoms with Crippen LogP contribution in [0.1, 0.15) is 73.0 Å². The Morgan fingerprint density at radius 3 is 2.30 bits per heavy atom. The van der Waals surface area contributed by atoms with Gasteiger partial charge in [-0.2, -0.15) is 0 Å². The summed E-state index contributed by atoms with van der Waals surface area (Å²) in [4.78, 5) is 37.5. The molecule has 0 unspecified atom stereocenters. The molecule has 7 nitrogen and oxygen atoms in total. The highest BCUT2D eigenvalue weighted by molar-refractivity contribution is 7.18. The van der Waals surface area contributed by atoms with Crippen molar-refractivity contribution in [2.45, 2.75) is 57.8 Å². The molecule has 37 heavy (non-hydrogen) atoms. The molecule has 2 heterocycles. The summed E-state index contributed by atoms with van der Waals surface area (Å²) in [7, 11) is 0. The second-order valence-corrected chi connectivity index (χ2v) is 12.5. The lowest BCUT2D eigenvalue weighted by atomic mass is 9.49. The van der Waals surface area contributed by atoms with Crippen molar-refractivity contribution >= 4 is 34.8 Å². The Labute approximate surface area is 220 Å². The van der Waals surface area contributed by atoms with Gasteiger partial charge in [0.1, 0.15) is 11.5 Å². The summed E-state index contributed by atoms with van der Waals surface area (Å²) >= 11 is 1.27. The fourth-order valence-electron chi connectivity index (χ4n) is 7.38. The lowest BCUT2D eigenvalue weighted by Crippen LogP contribution is -2.47. The van der Waals surface area contributed by atoms with Gasteiger partial charge < -0.3 is 9.47 Å². The number of hydrogen-bond donors (Lipinski definition) is 2.